The Kier molecular flexibility index (Phi) is 7.92. The number of carbonyl (C=O) groups is 1. The van der Waals surface area contributed by atoms with Crippen molar-refractivity contribution in [3.8, 4) is 0 Å². The van der Waals surface area contributed by atoms with Gasteiger partial charge < -0.3 is 5.32 Å². The Balaban J connectivity index is 1.50. The lowest BCUT2D eigenvalue weighted by atomic mass is 10.0. The molecule has 4 N–H and O–H groups in total. The number of amides is 1. The lowest BCUT2D eigenvalue weighted by Gasteiger charge is -2.17. The van der Waals surface area contributed by atoms with E-state index in [1.54, 1.807) is 12.1 Å². The molecule has 1 aliphatic heterocycles. The van der Waals surface area contributed by atoms with Crippen molar-refractivity contribution in [2.75, 3.05) is 0 Å². The standard InChI is InChI=1S/C24H20Cl2F3N5O/c25-16-5-1-13(2-6-16)21-11-22(34-33-21)31-24(30-12-15-3-7-17(27)10-18(15)26)32-23(35)14-4-8-19(28)20(29)9-14/h1-10,21-22,33-34H,11-12H2,(H2,30,31,32,35). The second-order valence-electron chi connectivity index (χ2n) is 7.81. The van der Waals surface area contributed by atoms with Crippen molar-refractivity contribution in [3.05, 3.63) is 105 Å². The highest BCUT2D eigenvalue weighted by Crippen LogP contribution is 2.23. The minimum absolute atomic E-state index is 0.0280. The van der Waals surface area contributed by atoms with Crippen LogP contribution in [0.5, 0.6) is 0 Å². The number of hydrogen-bond donors (Lipinski definition) is 4. The molecular weight excluding hydrogens is 502 g/mol. The van der Waals surface area contributed by atoms with Crippen molar-refractivity contribution in [2.24, 2.45) is 4.99 Å². The zero-order chi connectivity index (χ0) is 24.9. The van der Waals surface area contributed by atoms with Gasteiger partial charge in [0.15, 0.2) is 17.6 Å². The molecular formula is C24H20Cl2F3N5O. The number of nitrogens with one attached hydrogen (secondary N) is 4. The summed E-state index contributed by atoms with van der Waals surface area (Å²) in [6, 6.07) is 14.1. The summed E-state index contributed by atoms with van der Waals surface area (Å²) in [6.07, 6.45) is 0.238. The van der Waals surface area contributed by atoms with Crippen LogP contribution in [0.25, 0.3) is 0 Å². The number of guanidine groups is 1. The van der Waals surface area contributed by atoms with Crippen LogP contribution in [0.1, 0.15) is 33.9 Å². The van der Waals surface area contributed by atoms with E-state index in [-0.39, 0.29) is 35.3 Å². The third kappa shape index (κ3) is 6.52. The Hall–Kier alpha value is -3.11. The predicted molar refractivity (Wildman–Crippen MR) is 128 cm³/mol. The van der Waals surface area contributed by atoms with Gasteiger partial charge in [-0.15, -0.1) is 0 Å². The smallest absolute Gasteiger partial charge is 0.258 e. The largest absolute Gasteiger partial charge is 0.339 e. The number of halogens is 5. The van der Waals surface area contributed by atoms with E-state index in [1.165, 1.54) is 18.2 Å². The lowest BCUT2D eigenvalue weighted by molar-refractivity contribution is 0.0975. The molecule has 1 heterocycles. The number of rotatable bonds is 5. The second kappa shape index (κ2) is 11.1. The zero-order valence-corrected chi connectivity index (χ0v) is 19.6. The van der Waals surface area contributed by atoms with Crippen LogP contribution in [0.3, 0.4) is 0 Å². The summed E-state index contributed by atoms with van der Waals surface area (Å²) in [5, 5.41) is 6.48. The summed E-state index contributed by atoms with van der Waals surface area (Å²) in [5.41, 5.74) is 7.70. The lowest BCUT2D eigenvalue weighted by Crippen LogP contribution is -2.50. The molecule has 1 amide bonds. The molecule has 4 rings (SSSR count). The molecule has 6 nitrogen and oxygen atoms in total. The first kappa shape index (κ1) is 25.0. The van der Waals surface area contributed by atoms with E-state index < -0.39 is 23.4 Å². The van der Waals surface area contributed by atoms with Crippen molar-refractivity contribution >= 4 is 35.1 Å². The van der Waals surface area contributed by atoms with Gasteiger partial charge in [-0.2, -0.15) is 0 Å². The maximum Gasteiger partial charge on any atom is 0.258 e. The maximum absolute atomic E-state index is 13.6. The van der Waals surface area contributed by atoms with Crippen LogP contribution in [0.2, 0.25) is 10.0 Å². The van der Waals surface area contributed by atoms with Crippen LogP contribution in [0.15, 0.2) is 65.7 Å². The van der Waals surface area contributed by atoms with Gasteiger partial charge in [0.1, 0.15) is 5.82 Å². The Morgan fingerprint density at radius 1 is 0.971 bits per heavy atom. The summed E-state index contributed by atoms with van der Waals surface area (Å²) >= 11 is 12.0. The Labute approximate surface area is 209 Å². The molecule has 0 aliphatic carbocycles. The van der Waals surface area contributed by atoms with E-state index in [4.69, 9.17) is 23.2 Å². The summed E-state index contributed by atoms with van der Waals surface area (Å²) in [6.45, 7) is 0.0280. The topological polar surface area (TPSA) is 77.5 Å². The molecule has 0 saturated carbocycles. The molecule has 1 saturated heterocycles. The molecule has 35 heavy (non-hydrogen) atoms. The molecule has 0 radical (unpaired) electrons. The molecule has 0 aromatic heterocycles. The summed E-state index contributed by atoms with van der Waals surface area (Å²) in [4.78, 5) is 17.1. The first-order chi connectivity index (χ1) is 16.8. The van der Waals surface area contributed by atoms with E-state index in [1.807, 2.05) is 12.1 Å². The normalized spacial score (nSPS) is 17.9. The fraction of sp³-hybridized carbons (Fsp3) is 0.167. The molecule has 1 aliphatic rings. The highest BCUT2D eigenvalue weighted by atomic mass is 35.5. The fourth-order valence-electron chi connectivity index (χ4n) is 3.48. The number of hydrogen-bond acceptors (Lipinski definition) is 4. The Morgan fingerprint density at radius 3 is 2.46 bits per heavy atom. The fourth-order valence-corrected chi connectivity index (χ4v) is 3.83. The second-order valence-corrected chi connectivity index (χ2v) is 8.65. The van der Waals surface area contributed by atoms with Crippen molar-refractivity contribution in [1.82, 2.24) is 21.5 Å². The highest BCUT2D eigenvalue weighted by Gasteiger charge is 2.26. The third-order valence-electron chi connectivity index (χ3n) is 5.32. The van der Waals surface area contributed by atoms with Gasteiger partial charge in [-0.25, -0.2) is 29.0 Å². The molecule has 3 aromatic carbocycles. The number of benzene rings is 3. The first-order valence-electron chi connectivity index (χ1n) is 10.6. The van der Waals surface area contributed by atoms with E-state index in [0.717, 1.165) is 23.8 Å². The monoisotopic (exact) mass is 521 g/mol. The van der Waals surface area contributed by atoms with Crippen LogP contribution in [-0.4, -0.2) is 18.0 Å². The van der Waals surface area contributed by atoms with E-state index in [0.29, 0.717) is 17.0 Å². The average Bonchev–Trinajstić information content (AvgIpc) is 3.29. The average molecular weight is 522 g/mol. The summed E-state index contributed by atoms with van der Waals surface area (Å²) in [5.74, 6) is -3.32. The van der Waals surface area contributed by atoms with Gasteiger partial charge in [-0.1, -0.05) is 41.4 Å². The molecule has 2 unspecified atom stereocenters. The van der Waals surface area contributed by atoms with E-state index in [9.17, 15) is 18.0 Å². The minimum Gasteiger partial charge on any atom is -0.339 e. The summed E-state index contributed by atoms with van der Waals surface area (Å²) < 4.78 is 40.2. The van der Waals surface area contributed by atoms with Crippen molar-refractivity contribution in [3.63, 3.8) is 0 Å². The van der Waals surface area contributed by atoms with E-state index >= 15 is 0 Å². The molecule has 2 atom stereocenters. The van der Waals surface area contributed by atoms with Crippen LogP contribution >= 0.6 is 23.2 Å². The van der Waals surface area contributed by atoms with Crippen molar-refractivity contribution < 1.29 is 18.0 Å². The predicted octanol–water partition coefficient (Wildman–Crippen LogP) is 4.85. The van der Waals surface area contributed by atoms with Gasteiger partial charge in [0.25, 0.3) is 5.91 Å². The molecule has 182 valence electrons. The van der Waals surface area contributed by atoms with E-state index in [2.05, 4.69) is 26.5 Å². The number of aliphatic imine (C=N–C) groups is 1. The molecule has 1 fully saturated rings. The van der Waals surface area contributed by atoms with Crippen LogP contribution in [0, 0.1) is 17.5 Å². The van der Waals surface area contributed by atoms with Crippen LogP contribution in [-0.2, 0) is 6.54 Å². The quantitative estimate of drug-likeness (QED) is 0.286. The van der Waals surface area contributed by atoms with Gasteiger partial charge in [-0.3, -0.25) is 10.1 Å². The molecule has 0 spiro atoms. The molecule has 3 aromatic rings. The van der Waals surface area contributed by atoms with Gasteiger partial charge in [0, 0.05) is 28.1 Å². The first-order valence-corrected chi connectivity index (χ1v) is 11.3. The minimum atomic E-state index is -1.14. The maximum atomic E-state index is 13.6. The van der Waals surface area contributed by atoms with Crippen LogP contribution < -0.4 is 21.5 Å². The Bertz CT molecular complexity index is 1260. The molecule has 11 heteroatoms. The summed E-state index contributed by atoms with van der Waals surface area (Å²) in [7, 11) is 0. The number of hydrazine groups is 1. The number of nitrogens with zero attached hydrogens (tertiary/aromatic N) is 1. The third-order valence-corrected chi connectivity index (χ3v) is 5.93. The SMILES string of the molecule is O=C(NC(=NCc1ccc(F)cc1Cl)NC1CC(c2ccc(Cl)cc2)NN1)c1ccc(F)c(F)c1. The zero-order valence-electron chi connectivity index (χ0n) is 18.1. The van der Waals surface area contributed by atoms with Crippen molar-refractivity contribution in [1.29, 1.82) is 0 Å². The highest BCUT2D eigenvalue weighted by molar-refractivity contribution is 6.31. The van der Waals surface area contributed by atoms with Gasteiger partial charge >= 0.3 is 0 Å². The molecule has 0 bridgehead atoms. The Morgan fingerprint density at radius 2 is 1.74 bits per heavy atom. The number of carbonyl (C=O) groups excluding carboxylic acids is 1. The van der Waals surface area contributed by atoms with Crippen molar-refractivity contribution in [2.45, 2.75) is 25.2 Å². The van der Waals surface area contributed by atoms with Gasteiger partial charge in [0.2, 0.25) is 0 Å². The van der Waals surface area contributed by atoms with Gasteiger partial charge in [-0.05, 0) is 53.6 Å². The van der Waals surface area contributed by atoms with Gasteiger partial charge in [0.05, 0.1) is 12.7 Å². The van der Waals surface area contributed by atoms with Crippen LogP contribution in [0.4, 0.5) is 13.2 Å².